The Morgan fingerprint density at radius 3 is 2.69 bits per heavy atom. The summed E-state index contributed by atoms with van der Waals surface area (Å²) in [5, 5.41) is 11.2. The first-order chi connectivity index (χ1) is 6.42. The van der Waals surface area contributed by atoms with Gasteiger partial charge in [0.25, 0.3) is 0 Å². The van der Waals surface area contributed by atoms with E-state index < -0.39 is 0 Å². The van der Waals surface area contributed by atoms with Crippen molar-refractivity contribution in [3.05, 3.63) is 30.3 Å². The van der Waals surface area contributed by atoms with E-state index in [2.05, 4.69) is 15.5 Å². The van der Waals surface area contributed by atoms with E-state index in [1.165, 1.54) is 4.68 Å². The highest BCUT2D eigenvalue weighted by Crippen LogP contribution is 2.13. The molecule has 0 aliphatic rings. The zero-order valence-electron chi connectivity index (χ0n) is 6.53. The van der Waals surface area contributed by atoms with Crippen molar-refractivity contribution in [3.8, 4) is 5.69 Å². The number of para-hydroxylation sites is 1. The minimum absolute atomic E-state index is 0.353. The molecule has 0 fully saturated rings. The molecule has 0 spiro atoms. The second-order valence-electron chi connectivity index (χ2n) is 2.30. The van der Waals surface area contributed by atoms with Gasteiger partial charge in [0.1, 0.15) is 0 Å². The van der Waals surface area contributed by atoms with Crippen LogP contribution in [0, 0.1) is 0 Å². The topological polar surface area (TPSA) is 63.8 Å². The van der Waals surface area contributed by atoms with Gasteiger partial charge in [-0.3, -0.25) is 0 Å². The van der Waals surface area contributed by atoms with Crippen LogP contribution in [0.3, 0.4) is 0 Å². The Morgan fingerprint density at radius 1 is 1.23 bits per heavy atom. The lowest BCUT2D eigenvalue weighted by atomic mass is 10.3. The fourth-order valence-electron chi connectivity index (χ4n) is 0.967. The minimum Gasteiger partial charge on any atom is -0.323 e. The Bertz CT molecular complexity index is 388. The van der Waals surface area contributed by atoms with Crippen LogP contribution >= 0.6 is 12.0 Å². The summed E-state index contributed by atoms with van der Waals surface area (Å²) in [5.41, 5.74) is 0.823. The van der Waals surface area contributed by atoms with Gasteiger partial charge < -0.3 is 4.55 Å². The number of benzene rings is 1. The maximum atomic E-state index is 8.82. The maximum Gasteiger partial charge on any atom is 0.241 e. The van der Waals surface area contributed by atoms with Gasteiger partial charge in [-0.05, 0) is 22.6 Å². The van der Waals surface area contributed by atoms with Crippen LogP contribution in [0.2, 0.25) is 0 Å². The highest BCUT2D eigenvalue weighted by Gasteiger charge is 2.06. The van der Waals surface area contributed by atoms with Crippen LogP contribution in [0.1, 0.15) is 0 Å². The minimum atomic E-state index is 0.353. The first-order valence-electron chi connectivity index (χ1n) is 3.57. The van der Waals surface area contributed by atoms with Gasteiger partial charge in [-0.2, -0.15) is 4.68 Å². The van der Waals surface area contributed by atoms with Crippen LogP contribution in [0.25, 0.3) is 5.69 Å². The molecule has 1 N–H and O–H groups in total. The second-order valence-corrected chi connectivity index (χ2v) is 2.85. The molecule has 0 atom stereocenters. The number of hydrogen-bond acceptors (Lipinski definition) is 5. The quantitative estimate of drug-likeness (QED) is 0.728. The van der Waals surface area contributed by atoms with Gasteiger partial charge in [-0.25, -0.2) is 0 Å². The third-order valence-electron chi connectivity index (χ3n) is 1.52. The molecule has 0 saturated heterocycles. The van der Waals surface area contributed by atoms with Gasteiger partial charge >= 0.3 is 0 Å². The fraction of sp³-hybridized carbons (Fsp3) is 0. The van der Waals surface area contributed by atoms with Crippen molar-refractivity contribution in [2.45, 2.75) is 5.16 Å². The first kappa shape index (κ1) is 8.21. The van der Waals surface area contributed by atoms with Crippen molar-refractivity contribution in [1.82, 2.24) is 20.2 Å². The molecule has 13 heavy (non-hydrogen) atoms. The van der Waals surface area contributed by atoms with Crippen molar-refractivity contribution in [2.75, 3.05) is 0 Å². The molecule has 0 amide bonds. The fourth-order valence-corrected chi connectivity index (χ4v) is 1.26. The largest absolute Gasteiger partial charge is 0.323 e. The Hall–Kier alpha value is -1.40. The highest BCUT2D eigenvalue weighted by atomic mass is 32.2. The Labute approximate surface area is 78.6 Å². The van der Waals surface area contributed by atoms with E-state index in [4.69, 9.17) is 4.55 Å². The van der Waals surface area contributed by atoms with E-state index in [9.17, 15) is 0 Å². The van der Waals surface area contributed by atoms with E-state index in [0.717, 1.165) is 5.69 Å². The maximum absolute atomic E-state index is 8.82. The van der Waals surface area contributed by atoms with Crippen molar-refractivity contribution in [3.63, 3.8) is 0 Å². The first-order valence-corrected chi connectivity index (χ1v) is 4.34. The Morgan fingerprint density at radius 2 is 2.00 bits per heavy atom. The molecule has 0 unspecified atom stereocenters. The average Bonchev–Trinajstić information content (AvgIpc) is 2.67. The summed E-state index contributed by atoms with van der Waals surface area (Å²) in [5.74, 6) is 0. The van der Waals surface area contributed by atoms with Crippen LogP contribution in [0.4, 0.5) is 0 Å². The van der Waals surface area contributed by atoms with Crippen molar-refractivity contribution >= 4 is 12.0 Å². The average molecular weight is 194 g/mol. The van der Waals surface area contributed by atoms with Crippen LogP contribution < -0.4 is 0 Å². The van der Waals surface area contributed by atoms with Gasteiger partial charge in [0, 0.05) is 0 Å². The van der Waals surface area contributed by atoms with E-state index in [1.807, 2.05) is 30.3 Å². The highest BCUT2D eigenvalue weighted by molar-refractivity contribution is 7.93. The number of tetrazole rings is 1. The summed E-state index contributed by atoms with van der Waals surface area (Å²) in [6, 6.07) is 9.37. The van der Waals surface area contributed by atoms with Gasteiger partial charge in [-0.15, -0.1) is 0 Å². The molecule has 0 aliphatic carbocycles. The van der Waals surface area contributed by atoms with Crippen LogP contribution in [0.5, 0.6) is 0 Å². The van der Waals surface area contributed by atoms with E-state index in [1.54, 1.807) is 0 Å². The molecule has 66 valence electrons. The SMILES string of the molecule is OSc1nnnn1-c1ccccc1. The summed E-state index contributed by atoms with van der Waals surface area (Å²) in [6.07, 6.45) is 0. The molecular formula is C7H6N4OS. The third-order valence-corrected chi connectivity index (χ3v) is 1.94. The van der Waals surface area contributed by atoms with Crippen LogP contribution in [-0.4, -0.2) is 24.8 Å². The zero-order chi connectivity index (χ0) is 9.10. The monoisotopic (exact) mass is 194 g/mol. The number of aromatic nitrogens is 4. The van der Waals surface area contributed by atoms with Gasteiger partial charge in [0.15, 0.2) is 0 Å². The number of rotatable bonds is 2. The molecular weight excluding hydrogens is 188 g/mol. The van der Waals surface area contributed by atoms with Gasteiger partial charge in [0.05, 0.1) is 17.7 Å². The predicted molar refractivity (Wildman–Crippen MR) is 47.6 cm³/mol. The smallest absolute Gasteiger partial charge is 0.241 e. The van der Waals surface area contributed by atoms with E-state index in [0.29, 0.717) is 17.2 Å². The number of hydrogen-bond donors (Lipinski definition) is 1. The molecule has 6 heteroatoms. The lowest BCUT2D eigenvalue weighted by molar-refractivity contribution is 0.644. The summed E-state index contributed by atoms with van der Waals surface area (Å²) in [7, 11) is 0. The van der Waals surface area contributed by atoms with Crippen molar-refractivity contribution < 1.29 is 4.55 Å². The summed E-state index contributed by atoms with van der Waals surface area (Å²) in [4.78, 5) is 0. The zero-order valence-corrected chi connectivity index (χ0v) is 7.35. The molecule has 2 rings (SSSR count). The lowest BCUT2D eigenvalue weighted by Crippen LogP contribution is -1.97. The molecule has 0 aliphatic heterocycles. The van der Waals surface area contributed by atoms with Crippen molar-refractivity contribution in [2.24, 2.45) is 0 Å². The standard InChI is InChI=1S/C7H6N4OS/c12-13-7-8-9-10-11(7)6-4-2-1-3-5-6/h1-5,12H. The molecule has 5 nitrogen and oxygen atoms in total. The van der Waals surface area contributed by atoms with Crippen LogP contribution in [-0.2, 0) is 0 Å². The molecule has 0 radical (unpaired) electrons. The summed E-state index contributed by atoms with van der Waals surface area (Å²) < 4.78 is 10.3. The van der Waals surface area contributed by atoms with Crippen molar-refractivity contribution in [1.29, 1.82) is 0 Å². The predicted octanol–water partition coefficient (Wildman–Crippen LogP) is 1.23. The summed E-state index contributed by atoms with van der Waals surface area (Å²) in [6.45, 7) is 0. The van der Waals surface area contributed by atoms with E-state index in [-0.39, 0.29) is 0 Å². The second kappa shape index (κ2) is 3.55. The molecule has 2 aromatic rings. The molecule has 0 saturated carbocycles. The number of nitrogens with zero attached hydrogens (tertiary/aromatic N) is 4. The molecule has 1 aromatic heterocycles. The third kappa shape index (κ3) is 1.53. The molecule has 0 bridgehead atoms. The van der Waals surface area contributed by atoms with Crippen LogP contribution in [0.15, 0.2) is 35.5 Å². The van der Waals surface area contributed by atoms with E-state index >= 15 is 0 Å². The molecule has 1 heterocycles. The normalized spacial score (nSPS) is 10.2. The lowest BCUT2D eigenvalue weighted by Gasteiger charge is -1.99. The van der Waals surface area contributed by atoms with Gasteiger partial charge in [0.2, 0.25) is 5.16 Å². The molecule has 1 aromatic carbocycles. The Balaban J connectivity index is 2.47. The van der Waals surface area contributed by atoms with Gasteiger partial charge in [-0.1, -0.05) is 23.3 Å². The summed E-state index contributed by atoms with van der Waals surface area (Å²) >= 11 is 0.524. The Kier molecular flexibility index (Phi) is 2.24.